The molecule has 5 rings (SSSR count). The summed E-state index contributed by atoms with van der Waals surface area (Å²) in [4.78, 5) is 16.1. The Morgan fingerprint density at radius 2 is 1.66 bits per heavy atom. The molecule has 3 aromatic rings. The SMILES string of the molecule is Cc1c(S(N)(=O)=O)cc2c(c1C)c(C(=O)N1CCOCC1)c(-c1ccccc1)n2C1CCCCC1. The standard InChI is InChI=1S/C27H33N3O4S/c1-18-19(2)24-22(17-23(18)35(28,32)33)30(21-11-7-4-8-12-21)26(20-9-5-3-6-10-20)25(24)27(31)29-13-15-34-16-14-29/h3,5-6,9-10,17,21H,4,7-8,11-16H2,1-2H3,(H2,28,32,33). The number of amides is 1. The van der Waals surface area contributed by atoms with Gasteiger partial charge >= 0.3 is 0 Å². The Labute approximate surface area is 206 Å². The van der Waals surface area contributed by atoms with Crippen molar-refractivity contribution in [2.45, 2.75) is 56.9 Å². The number of carbonyl (C=O) groups is 1. The predicted molar refractivity (Wildman–Crippen MR) is 137 cm³/mol. The van der Waals surface area contributed by atoms with Gasteiger partial charge in [-0.3, -0.25) is 4.79 Å². The quantitative estimate of drug-likeness (QED) is 0.574. The van der Waals surface area contributed by atoms with Crippen LogP contribution in [0.1, 0.15) is 59.6 Å². The number of ether oxygens (including phenoxy) is 1. The Hall–Kier alpha value is -2.68. The van der Waals surface area contributed by atoms with Crippen molar-refractivity contribution in [1.29, 1.82) is 0 Å². The van der Waals surface area contributed by atoms with Crippen LogP contribution in [0.2, 0.25) is 0 Å². The van der Waals surface area contributed by atoms with Gasteiger partial charge in [-0.15, -0.1) is 0 Å². The lowest BCUT2D eigenvalue weighted by Crippen LogP contribution is -2.40. The lowest BCUT2D eigenvalue weighted by atomic mass is 9.94. The molecule has 0 unspecified atom stereocenters. The zero-order chi connectivity index (χ0) is 24.7. The number of hydrogen-bond donors (Lipinski definition) is 1. The first-order valence-corrected chi connectivity index (χ1v) is 14.0. The van der Waals surface area contributed by atoms with E-state index in [1.807, 2.05) is 42.2 Å². The Balaban J connectivity index is 1.90. The monoisotopic (exact) mass is 495 g/mol. The third kappa shape index (κ3) is 4.28. The molecule has 1 aliphatic heterocycles. The zero-order valence-electron chi connectivity index (χ0n) is 20.4. The van der Waals surface area contributed by atoms with Gasteiger partial charge in [0.2, 0.25) is 10.0 Å². The molecule has 186 valence electrons. The molecular formula is C27H33N3O4S. The number of nitrogens with two attached hydrogens (primary N) is 1. The van der Waals surface area contributed by atoms with Gasteiger partial charge in [0.25, 0.3) is 5.91 Å². The van der Waals surface area contributed by atoms with E-state index in [-0.39, 0.29) is 16.8 Å². The lowest BCUT2D eigenvalue weighted by Gasteiger charge is -2.29. The highest BCUT2D eigenvalue weighted by Gasteiger charge is 2.33. The normalized spacial score (nSPS) is 17.7. The van der Waals surface area contributed by atoms with E-state index in [0.717, 1.165) is 53.4 Å². The number of rotatable bonds is 4. The summed E-state index contributed by atoms with van der Waals surface area (Å²) in [5.41, 5.74) is 4.64. The minimum atomic E-state index is -3.93. The van der Waals surface area contributed by atoms with E-state index in [2.05, 4.69) is 4.57 Å². The van der Waals surface area contributed by atoms with E-state index in [9.17, 15) is 13.2 Å². The van der Waals surface area contributed by atoms with Gasteiger partial charge in [0.1, 0.15) is 0 Å². The maximum Gasteiger partial charge on any atom is 0.256 e. The van der Waals surface area contributed by atoms with Gasteiger partial charge in [0, 0.05) is 24.5 Å². The summed E-state index contributed by atoms with van der Waals surface area (Å²) in [5.74, 6) is -0.0300. The second kappa shape index (κ2) is 9.41. The Morgan fingerprint density at radius 3 is 2.29 bits per heavy atom. The first-order chi connectivity index (χ1) is 16.8. The van der Waals surface area contributed by atoms with Crippen LogP contribution in [0.4, 0.5) is 0 Å². The van der Waals surface area contributed by atoms with Crippen LogP contribution in [0, 0.1) is 13.8 Å². The molecule has 1 amide bonds. The van der Waals surface area contributed by atoms with Crippen molar-refractivity contribution in [3.63, 3.8) is 0 Å². The van der Waals surface area contributed by atoms with Gasteiger partial charge in [-0.05, 0) is 49.4 Å². The van der Waals surface area contributed by atoms with E-state index in [0.29, 0.717) is 37.4 Å². The number of aryl methyl sites for hydroxylation is 1. The fraction of sp³-hybridized carbons (Fsp3) is 0.444. The van der Waals surface area contributed by atoms with Crippen molar-refractivity contribution in [2.75, 3.05) is 26.3 Å². The van der Waals surface area contributed by atoms with Crippen molar-refractivity contribution in [2.24, 2.45) is 5.14 Å². The predicted octanol–water partition coefficient (Wildman–Crippen LogP) is 4.55. The second-order valence-corrected chi connectivity index (χ2v) is 11.2. The third-order valence-electron chi connectivity index (χ3n) is 7.62. The summed E-state index contributed by atoms with van der Waals surface area (Å²) in [5, 5.41) is 6.48. The molecule has 2 aliphatic rings. The molecule has 0 atom stereocenters. The van der Waals surface area contributed by atoms with Gasteiger partial charge in [0.05, 0.1) is 34.9 Å². The summed E-state index contributed by atoms with van der Waals surface area (Å²) in [6.07, 6.45) is 5.39. The number of benzene rings is 2. The molecule has 2 N–H and O–H groups in total. The van der Waals surface area contributed by atoms with Crippen LogP contribution in [-0.2, 0) is 14.8 Å². The Bertz CT molecular complexity index is 1370. The first kappa shape index (κ1) is 24.0. The molecule has 2 aromatic carbocycles. The molecule has 1 aliphatic carbocycles. The highest BCUT2D eigenvalue weighted by atomic mass is 32.2. The number of primary sulfonamides is 1. The summed E-state index contributed by atoms with van der Waals surface area (Å²) >= 11 is 0. The molecular weight excluding hydrogens is 462 g/mol. The smallest absolute Gasteiger partial charge is 0.256 e. The number of fused-ring (bicyclic) bond motifs is 1. The van der Waals surface area contributed by atoms with Gasteiger partial charge in [-0.25, -0.2) is 13.6 Å². The molecule has 0 spiro atoms. The molecule has 2 fully saturated rings. The van der Waals surface area contributed by atoms with Gasteiger partial charge < -0.3 is 14.2 Å². The van der Waals surface area contributed by atoms with Crippen molar-refractivity contribution in [3.8, 4) is 11.3 Å². The number of aromatic nitrogens is 1. The van der Waals surface area contributed by atoms with E-state index >= 15 is 0 Å². The van der Waals surface area contributed by atoms with Gasteiger partial charge in [-0.2, -0.15) is 0 Å². The lowest BCUT2D eigenvalue weighted by molar-refractivity contribution is 0.0304. The van der Waals surface area contributed by atoms with Gasteiger partial charge in [-0.1, -0.05) is 49.6 Å². The number of carbonyl (C=O) groups excluding carboxylic acids is 1. The van der Waals surface area contributed by atoms with Crippen molar-refractivity contribution < 1.29 is 17.9 Å². The fourth-order valence-electron chi connectivity index (χ4n) is 5.76. The number of sulfonamides is 1. The first-order valence-electron chi connectivity index (χ1n) is 12.4. The van der Waals surface area contributed by atoms with Crippen molar-refractivity contribution >= 4 is 26.8 Å². The molecule has 8 heteroatoms. The van der Waals surface area contributed by atoms with Crippen molar-refractivity contribution in [1.82, 2.24) is 9.47 Å². The second-order valence-electron chi connectivity index (χ2n) is 9.72. The van der Waals surface area contributed by atoms with E-state index in [4.69, 9.17) is 9.88 Å². The highest BCUT2D eigenvalue weighted by molar-refractivity contribution is 7.89. The zero-order valence-corrected chi connectivity index (χ0v) is 21.2. The van der Waals surface area contributed by atoms with E-state index in [1.165, 1.54) is 6.42 Å². The summed E-state index contributed by atoms with van der Waals surface area (Å²) < 4.78 is 32.9. The Kier molecular flexibility index (Phi) is 6.46. The topological polar surface area (TPSA) is 94.6 Å². The van der Waals surface area contributed by atoms with Crippen LogP contribution in [0.15, 0.2) is 41.3 Å². The summed E-state index contributed by atoms with van der Waals surface area (Å²) in [6.45, 7) is 5.79. The molecule has 0 bridgehead atoms. The molecule has 7 nitrogen and oxygen atoms in total. The minimum absolute atomic E-state index is 0.0300. The molecule has 0 radical (unpaired) electrons. The fourth-order valence-corrected chi connectivity index (χ4v) is 6.62. The van der Waals surface area contributed by atoms with Crippen LogP contribution < -0.4 is 5.14 Å². The molecule has 1 aromatic heterocycles. The maximum absolute atomic E-state index is 14.2. The highest BCUT2D eigenvalue weighted by Crippen LogP contribution is 2.44. The van der Waals surface area contributed by atoms with Crippen LogP contribution in [0.3, 0.4) is 0 Å². The third-order valence-corrected chi connectivity index (χ3v) is 8.66. The van der Waals surface area contributed by atoms with Gasteiger partial charge in [0.15, 0.2) is 0 Å². The van der Waals surface area contributed by atoms with Crippen molar-refractivity contribution in [3.05, 3.63) is 53.1 Å². The summed E-state index contributed by atoms with van der Waals surface area (Å²) in [7, 11) is -3.93. The molecule has 1 saturated heterocycles. The average Bonchev–Trinajstić information content (AvgIpc) is 3.22. The molecule has 2 heterocycles. The van der Waals surface area contributed by atoms with Crippen LogP contribution in [0.5, 0.6) is 0 Å². The van der Waals surface area contributed by atoms with E-state index in [1.54, 1.807) is 13.0 Å². The molecule has 35 heavy (non-hydrogen) atoms. The van der Waals surface area contributed by atoms with E-state index < -0.39 is 10.0 Å². The van der Waals surface area contributed by atoms with Crippen LogP contribution in [0.25, 0.3) is 22.2 Å². The average molecular weight is 496 g/mol. The molecule has 1 saturated carbocycles. The Morgan fingerprint density at radius 1 is 1.00 bits per heavy atom. The number of hydrogen-bond acceptors (Lipinski definition) is 4. The van der Waals surface area contributed by atoms with Crippen LogP contribution >= 0.6 is 0 Å². The summed E-state index contributed by atoms with van der Waals surface area (Å²) in [6, 6.07) is 11.9. The minimum Gasteiger partial charge on any atom is -0.378 e. The number of nitrogens with zero attached hydrogens (tertiary/aromatic N) is 2. The number of morpholine rings is 1. The largest absolute Gasteiger partial charge is 0.378 e. The maximum atomic E-state index is 14.2. The van der Waals surface area contributed by atoms with Crippen LogP contribution in [-0.4, -0.2) is 50.1 Å².